The van der Waals surface area contributed by atoms with Crippen molar-refractivity contribution in [2.24, 2.45) is 0 Å². The number of rotatable bonds is 79. The Labute approximate surface area is 634 Å². The zero-order chi connectivity index (χ0) is 76.0. The molecule has 19 heteroatoms. The molecule has 0 rings (SSSR count). The Balaban J connectivity index is 5.37. The molecule has 0 fully saturated rings. The molecule has 604 valence electrons. The number of aliphatic hydroxyl groups is 1. The van der Waals surface area contributed by atoms with Crippen molar-refractivity contribution in [2.75, 3.05) is 39.6 Å². The molecule has 0 aliphatic heterocycles. The first-order chi connectivity index (χ1) is 50.7. The van der Waals surface area contributed by atoms with Crippen LogP contribution in [0.15, 0.2) is 85.1 Å². The lowest BCUT2D eigenvalue weighted by Crippen LogP contribution is -2.30. The molecule has 0 saturated heterocycles. The van der Waals surface area contributed by atoms with E-state index in [1.54, 1.807) is 0 Å². The van der Waals surface area contributed by atoms with E-state index >= 15 is 0 Å². The van der Waals surface area contributed by atoms with Gasteiger partial charge in [-0.25, -0.2) is 9.13 Å². The molecule has 0 spiro atoms. The second-order valence-corrected chi connectivity index (χ2v) is 30.9. The van der Waals surface area contributed by atoms with Crippen molar-refractivity contribution in [3.05, 3.63) is 85.1 Å². The van der Waals surface area contributed by atoms with E-state index in [-0.39, 0.29) is 25.7 Å². The van der Waals surface area contributed by atoms with Gasteiger partial charge in [0.25, 0.3) is 0 Å². The zero-order valence-electron chi connectivity index (χ0n) is 66.2. The summed E-state index contributed by atoms with van der Waals surface area (Å²) >= 11 is 0. The van der Waals surface area contributed by atoms with Gasteiger partial charge >= 0.3 is 39.5 Å². The molecule has 17 nitrogen and oxygen atoms in total. The standard InChI is InChI=1S/C85H152O17P2/c1-5-9-13-17-21-25-29-33-37-38-39-40-44-46-50-54-58-62-66-70-83(88)96-76-81(102-85(90)72-68-64-60-56-52-48-43-36-32-28-24-20-16-12-8-4)78-100-104(93,94)98-74-79(86)73-97-103(91,92)99-77-80(101-84(89)71-67-63-59-55-51-47-42-35-31-27-23-19-15-11-7-3)75-95-82(87)69-65-61-57-53-49-45-41-34-30-26-22-18-14-10-6-2/h9,13,21,25-26,30,33,36-37,39-40,43,46,50,79-81,86H,5-8,10-12,14-20,22-24,27-29,31-32,34-35,38,41-42,44-45,47-49,51-78H2,1-4H3,(H,91,92)(H,93,94)/b13-9-,25-21-,30-26-,37-33-,40-39-,43-36-,50-46-/t79-,80+,81+/m0/s1. The second-order valence-electron chi connectivity index (χ2n) is 28.0. The Hall–Kier alpha value is -3.76. The van der Waals surface area contributed by atoms with E-state index in [1.807, 2.05) is 0 Å². The molecule has 104 heavy (non-hydrogen) atoms. The van der Waals surface area contributed by atoms with Gasteiger partial charge in [-0.1, -0.05) is 312 Å². The lowest BCUT2D eigenvalue weighted by atomic mass is 10.0. The fraction of sp³-hybridized carbons (Fsp3) is 0.788. The summed E-state index contributed by atoms with van der Waals surface area (Å²) in [6, 6.07) is 0. The molecular weight excluding hydrogens is 1350 g/mol. The maximum atomic E-state index is 13.1. The fourth-order valence-corrected chi connectivity index (χ4v) is 13.1. The van der Waals surface area contributed by atoms with Gasteiger partial charge in [0.2, 0.25) is 0 Å². The summed E-state index contributed by atoms with van der Waals surface area (Å²) < 4.78 is 68.7. The van der Waals surface area contributed by atoms with Crippen molar-refractivity contribution < 1.29 is 80.2 Å². The van der Waals surface area contributed by atoms with E-state index in [4.69, 9.17) is 37.0 Å². The molecule has 0 aromatic rings. The van der Waals surface area contributed by atoms with Gasteiger partial charge in [-0.2, -0.15) is 0 Å². The highest BCUT2D eigenvalue weighted by molar-refractivity contribution is 7.47. The van der Waals surface area contributed by atoms with Gasteiger partial charge < -0.3 is 33.8 Å². The third kappa shape index (κ3) is 76.4. The van der Waals surface area contributed by atoms with Gasteiger partial charge in [0.1, 0.15) is 19.3 Å². The van der Waals surface area contributed by atoms with E-state index in [9.17, 15) is 43.2 Å². The lowest BCUT2D eigenvalue weighted by molar-refractivity contribution is -0.161. The quantitative estimate of drug-likeness (QED) is 0.0169. The number of aliphatic hydroxyl groups excluding tert-OH is 1. The highest BCUT2D eigenvalue weighted by Crippen LogP contribution is 2.45. The lowest BCUT2D eigenvalue weighted by Gasteiger charge is -2.21. The molecule has 0 radical (unpaired) electrons. The van der Waals surface area contributed by atoms with E-state index in [0.29, 0.717) is 25.7 Å². The van der Waals surface area contributed by atoms with Gasteiger partial charge in [0.05, 0.1) is 26.4 Å². The number of carbonyl (C=O) groups excluding carboxylic acids is 4. The maximum Gasteiger partial charge on any atom is 0.472 e. The predicted octanol–water partition coefficient (Wildman–Crippen LogP) is 24.6. The van der Waals surface area contributed by atoms with Crippen LogP contribution >= 0.6 is 15.6 Å². The van der Waals surface area contributed by atoms with Crippen molar-refractivity contribution in [3.8, 4) is 0 Å². The molecule has 0 aromatic heterocycles. The number of esters is 4. The van der Waals surface area contributed by atoms with Crippen LogP contribution in [0.5, 0.6) is 0 Å². The number of phosphoric ester groups is 2. The highest BCUT2D eigenvalue weighted by Gasteiger charge is 2.30. The van der Waals surface area contributed by atoms with E-state index in [1.165, 1.54) is 141 Å². The zero-order valence-corrected chi connectivity index (χ0v) is 68.0. The molecule has 0 saturated carbocycles. The average Bonchev–Trinajstić information content (AvgIpc) is 0.918. The van der Waals surface area contributed by atoms with Crippen LogP contribution in [0.1, 0.15) is 374 Å². The van der Waals surface area contributed by atoms with Crippen molar-refractivity contribution in [2.45, 2.75) is 393 Å². The summed E-state index contributed by atoms with van der Waals surface area (Å²) in [5.74, 6) is -2.19. The van der Waals surface area contributed by atoms with Gasteiger partial charge in [-0.3, -0.25) is 37.3 Å². The molecule has 0 amide bonds. The van der Waals surface area contributed by atoms with Crippen LogP contribution in [0.2, 0.25) is 0 Å². The van der Waals surface area contributed by atoms with Crippen LogP contribution in [-0.4, -0.2) is 96.7 Å². The van der Waals surface area contributed by atoms with E-state index in [0.717, 1.165) is 154 Å². The normalized spacial score (nSPS) is 14.3. The topological polar surface area (TPSA) is 237 Å². The van der Waals surface area contributed by atoms with Crippen LogP contribution in [0.3, 0.4) is 0 Å². The first-order valence-electron chi connectivity index (χ1n) is 41.8. The van der Waals surface area contributed by atoms with Crippen molar-refractivity contribution in [3.63, 3.8) is 0 Å². The number of carbonyl (C=O) groups is 4. The van der Waals surface area contributed by atoms with Crippen molar-refractivity contribution >= 4 is 39.5 Å². The number of allylic oxidation sites excluding steroid dienone is 14. The van der Waals surface area contributed by atoms with Crippen LogP contribution in [0.4, 0.5) is 0 Å². The number of unbranched alkanes of at least 4 members (excludes halogenated alkanes) is 39. The van der Waals surface area contributed by atoms with E-state index < -0.39 is 97.5 Å². The molecule has 0 aromatic carbocycles. The van der Waals surface area contributed by atoms with E-state index in [2.05, 4.69) is 113 Å². The summed E-state index contributed by atoms with van der Waals surface area (Å²) in [6.07, 6.45) is 81.2. The van der Waals surface area contributed by atoms with Gasteiger partial charge in [-0.05, 0) is 122 Å². The maximum absolute atomic E-state index is 13.1. The Morgan fingerprint density at radius 3 is 0.798 bits per heavy atom. The molecule has 0 aliphatic rings. The third-order valence-corrected chi connectivity index (χ3v) is 19.7. The minimum atomic E-state index is -4.99. The SMILES string of the molecule is CC/C=C\C/C=C\C/C=C\C/C=C\C/C=C\CCCCCC(=O)OC[C@H](COP(=O)(O)OC[C@@H](O)COP(=O)(O)OC[C@@H](COC(=O)CCCCCCCCC/C=C\CCCCCC)OC(=O)CCCCCCCCCCCCCCCCC)OC(=O)CCCCCCC/C=C\CCCCCCCC. The largest absolute Gasteiger partial charge is 0.472 e. The van der Waals surface area contributed by atoms with Gasteiger partial charge in [-0.15, -0.1) is 0 Å². The minimum Gasteiger partial charge on any atom is -0.462 e. The first kappa shape index (κ1) is 100. The molecule has 0 heterocycles. The van der Waals surface area contributed by atoms with Crippen LogP contribution < -0.4 is 0 Å². The molecule has 5 atom stereocenters. The van der Waals surface area contributed by atoms with Gasteiger partial charge in [0, 0.05) is 25.7 Å². The third-order valence-electron chi connectivity index (χ3n) is 17.8. The highest BCUT2D eigenvalue weighted by atomic mass is 31.2. The molecule has 2 unspecified atom stereocenters. The van der Waals surface area contributed by atoms with Crippen LogP contribution in [0, 0.1) is 0 Å². The number of phosphoric acid groups is 2. The van der Waals surface area contributed by atoms with Crippen molar-refractivity contribution in [1.82, 2.24) is 0 Å². The molecule has 0 aliphatic carbocycles. The first-order valence-corrected chi connectivity index (χ1v) is 44.8. The number of hydrogen-bond donors (Lipinski definition) is 3. The molecule has 0 bridgehead atoms. The predicted molar refractivity (Wildman–Crippen MR) is 427 cm³/mol. The Morgan fingerprint density at radius 2 is 0.500 bits per heavy atom. The number of hydrogen-bond acceptors (Lipinski definition) is 15. The van der Waals surface area contributed by atoms with Crippen LogP contribution in [-0.2, 0) is 65.4 Å². The second kappa shape index (κ2) is 77.4. The Bertz CT molecular complexity index is 2300. The minimum absolute atomic E-state index is 0.0791. The van der Waals surface area contributed by atoms with Crippen LogP contribution in [0.25, 0.3) is 0 Å². The Morgan fingerprint density at radius 1 is 0.279 bits per heavy atom. The summed E-state index contributed by atoms with van der Waals surface area (Å²) in [5.41, 5.74) is 0. The Kier molecular flexibility index (Phi) is 74.6. The smallest absolute Gasteiger partial charge is 0.462 e. The summed E-state index contributed by atoms with van der Waals surface area (Å²) in [7, 11) is -9.96. The summed E-state index contributed by atoms with van der Waals surface area (Å²) in [6.45, 7) is 4.77. The number of ether oxygens (including phenoxy) is 4. The average molecular weight is 1510 g/mol. The fourth-order valence-electron chi connectivity index (χ4n) is 11.5. The monoisotopic (exact) mass is 1510 g/mol. The molecular formula is C85H152O17P2. The summed E-state index contributed by atoms with van der Waals surface area (Å²) in [5, 5.41) is 10.7. The summed E-state index contributed by atoms with van der Waals surface area (Å²) in [4.78, 5) is 73.1. The molecule has 3 N–H and O–H groups in total. The van der Waals surface area contributed by atoms with Gasteiger partial charge in [0.15, 0.2) is 12.2 Å². The van der Waals surface area contributed by atoms with Crippen molar-refractivity contribution in [1.29, 1.82) is 0 Å².